The molecule has 5 nitrogen and oxygen atoms in total. The highest BCUT2D eigenvalue weighted by Crippen LogP contribution is 2.36. The molecule has 0 aliphatic rings. The van der Waals surface area contributed by atoms with Crippen LogP contribution in [0.5, 0.6) is 0 Å². The van der Waals surface area contributed by atoms with Crippen molar-refractivity contribution in [2.75, 3.05) is 7.11 Å². The minimum atomic E-state index is -4.37. The van der Waals surface area contributed by atoms with Crippen LogP contribution in [0.1, 0.15) is 9.67 Å². The Kier molecular flexibility index (Phi) is 4.54. The molecule has 0 unspecified atom stereocenters. The van der Waals surface area contributed by atoms with Crippen molar-refractivity contribution >= 4 is 38.6 Å². The van der Waals surface area contributed by atoms with Crippen LogP contribution in [-0.4, -0.2) is 31.3 Å². The molecule has 0 aromatic carbocycles. The summed E-state index contributed by atoms with van der Waals surface area (Å²) in [5, 5.41) is 1.16. The van der Waals surface area contributed by atoms with Crippen LogP contribution in [0.15, 0.2) is 11.4 Å². The van der Waals surface area contributed by atoms with Crippen molar-refractivity contribution in [3.8, 4) is 0 Å². The van der Waals surface area contributed by atoms with E-state index in [1.54, 1.807) is 0 Å². The summed E-state index contributed by atoms with van der Waals surface area (Å²) in [6.45, 7) is 0. The first-order chi connectivity index (χ1) is 5.96. The van der Waals surface area contributed by atoms with E-state index in [4.69, 9.17) is 9.79 Å². The van der Waals surface area contributed by atoms with E-state index in [-0.39, 0.29) is 18.6 Å². The summed E-state index contributed by atoms with van der Waals surface area (Å²) in [5.41, 5.74) is 0. The molecule has 1 aromatic heterocycles. The Morgan fingerprint density at radius 3 is 2.57 bits per heavy atom. The molecular formula is C6H10BO5PS. The number of rotatable bonds is 2. The van der Waals surface area contributed by atoms with Crippen LogP contribution in [0.4, 0.5) is 0 Å². The summed E-state index contributed by atoms with van der Waals surface area (Å²) in [6.07, 6.45) is 0. The molecule has 8 heteroatoms. The van der Waals surface area contributed by atoms with Gasteiger partial charge in [-0.3, -0.25) is 4.57 Å². The first kappa shape index (κ1) is 13.4. The number of esters is 1. The predicted molar refractivity (Wildman–Crippen MR) is 57.3 cm³/mol. The monoisotopic (exact) mass is 236 g/mol. The smallest absolute Gasteiger partial charge is 0.357 e. The SMILES string of the molecule is B.COC(=O)c1sccc1P(=O)(O)O. The third kappa shape index (κ3) is 2.68. The fourth-order valence-corrected chi connectivity index (χ4v) is 2.73. The maximum atomic E-state index is 11.0. The molecule has 0 spiro atoms. The van der Waals surface area contributed by atoms with Crippen LogP contribution in [0.3, 0.4) is 0 Å². The minimum Gasteiger partial charge on any atom is -0.465 e. The fraction of sp³-hybridized carbons (Fsp3) is 0.167. The number of hydrogen-bond donors (Lipinski definition) is 2. The average Bonchev–Trinajstić information content (AvgIpc) is 2.49. The van der Waals surface area contributed by atoms with Gasteiger partial charge in [0.25, 0.3) is 0 Å². The molecule has 14 heavy (non-hydrogen) atoms. The Hall–Kier alpha value is -0.615. The van der Waals surface area contributed by atoms with Crippen molar-refractivity contribution in [3.05, 3.63) is 16.3 Å². The van der Waals surface area contributed by atoms with Gasteiger partial charge in [0.1, 0.15) is 4.88 Å². The molecule has 0 bridgehead atoms. The quantitative estimate of drug-likeness (QED) is 0.397. The highest BCUT2D eigenvalue weighted by Gasteiger charge is 2.26. The number of thiophene rings is 1. The first-order valence-corrected chi connectivity index (χ1v) is 5.68. The molecule has 0 aliphatic carbocycles. The summed E-state index contributed by atoms with van der Waals surface area (Å²) in [4.78, 5) is 28.6. The van der Waals surface area contributed by atoms with Crippen molar-refractivity contribution in [2.24, 2.45) is 0 Å². The van der Waals surface area contributed by atoms with Crippen LogP contribution in [0, 0.1) is 0 Å². The molecular weight excluding hydrogens is 226 g/mol. The molecule has 2 N–H and O–H groups in total. The zero-order valence-electron chi connectivity index (χ0n) is 6.63. The number of carbonyl (C=O) groups excluding carboxylic acids is 1. The zero-order chi connectivity index (χ0) is 10.1. The number of methoxy groups -OCH3 is 1. The maximum absolute atomic E-state index is 11.0. The zero-order valence-corrected chi connectivity index (χ0v) is 8.34. The summed E-state index contributed by atoms with van der Waals surface area (Å²) in [5.74, 6) is -0.728. The molecule has 0 saturated heterocycles. The van der Waals surface area contributed by atoms with Gasteiger partial charge < -0.3 is 14.5 Å². The number of ether oxygens (including phenoxy) is 1. The van der Waals surface area contributed by atoms with Gasteiger partial charge in [-0.05, 0) is 11.4 Å². The summed E-state index contributed by atoms with van der Waals surface area (Å²) < 4.78 is 15.2. The second-order valence-corrected chi connectivity index (χ2v) is 4.66. The van der Waals surface area contributed by atoms with E-state index in [0.29, 0.717) is 0 Å². The molecule has 0 atom stereocenters. The Morgan fingerprint density at radius 1 is 1.57 bits per heavy atom. The van der Waals surface area contributed by atoms with Gasteiger partial charge in [-0.15, -0.1) is 11.3 Å². The van der Waals surface area contributed by atoms with Gasteiger partial charge >= 0.3 is 13.6 Å². The van der Waals surface area contributed by atoms with Gasteiger partial charge in [-0.25, -0.2) is 4.79 Å². The minimum absolute atomic E-state index is 0. The largest absolute Gasteiger partial charge is 0.465 e. The molecule has 0 amide bonds. The first-order valence-electron chi connectivity index (χ1n) is 3.18. The van der Waals surface area contributed by atoms with E-state index < -0.39 is 13.6 Å². The van der Waals surface area contributed by atoms with Crippen molar-refractivity contribution in [2.45, 2.75) is 0 Å². The van der Waals surface area contributed by atoms with Gasteiger partial charge in [0.15, 0.2) is 0 Å². The van der Waals surface area contributed by atoms with E-state index in [1.807, 2.05) is 0 Å². The van der Waals surface area contributed by atoms with Crippen LogP contribution < -0.4 is 5.30 Å². The van der Waals surface area contributed by atoms with Crippen LogP contribution in [-0.2, 0) is 9.30 Å². The number of carbonyl (C=O) groups is 1. The molecule has 1 rings (SSSR count). The van der Waals surface area contributed by atoms with Gasteiger partial charge in [-0.1, -0.05) is 0 Å². The molecule has 0 fully saturated rings. The van der Waals surface area contributed by atoms with Gasteiger partial charge in [-0.2, -0.15) is 0 Å². The standard InChI is InChI=1S/C6H7O5PS.BH3/c1-11-6(7)5-4(2-3-13-5)12(8,9)10;/h2-3H,1H3,(H2,8,9,10);1H3. The third-order valence-corrected chi connectivity index (χ3v) is 3.38. The summed E-state index contributed by atoms with van der Waals surface area (Å²) >= 11 is 0.942. The van der Waals surface area contributed by atoms with Crippen LogP contribution >= 0.6 is 18.9 Å². The average molecular weight is 236 g/mol. The Labute approximate surface area is 86.5 Å². The van der Waals surface area contributed by atoms with E-state index >= 15 is 0 Å². The Balaban J connectivity index is 0.00000169. The van der Waals surface area contributed by atoms with E-state index in [9.17, 15) is 9.36 Å². The molecule has 0 radical (unpaired) electrons. The van der Waals surface area contributed by atoms with Gasteiger partial charge in [0, 0.05) is 0 Å². The lowest BCUT2D eigenvalue weighted by atomic mass is 10.5. The molecule has 1 heterocycles. The van der Waals surface area contributed by atoms with Crippen molar-refractivity contribution < 1.29 is 23.9 Å². The summed E-state index contributed by atoms with van der Waals surface area (Å²) in [6, 6.07) is 1.22. The molecule has 1 aromatic rings. The normalized spacial score (nSPS) is 10.5. The van der Waals surface area contributed by atoms with Gasteiger partial charge in [0.2, 0.25) is 0 Å². The second kappa shape index (κ2) is 4.75. The van der Waals surface area contributed by atoms with E-state index in [0.717, 1.165) is 18.4 Å². The Bertz CT molecular complexity index is 370. The highest BCUT2D eigenvalue weighted by molar-refractivity contribution is 7.61. The lowest BCUT2D eigenvalue weighted by Crippen LogP contribution is -2.12. The van der Waals surface area contributed by atoms with E-state index in [1.165, 1.54) is 11.4 Å². The van der Waals surface area contributed by atoms with Gasteiger partial charge in [0.05, 0.1) is 20.8 Å². The highest BCUT2D eigenvalue weighted by atomic mass is 32.1. The second-order valence-electron chi connectivity index (χ2n) is 2.17. The Morgan fingerprint density at radius 2 is 2.14 bits per heavy atom. The van der Waals surface area contributed by atoms with Crippen LogP contribution in [0.25, 0.3) is 0 Å². The van der Waals surface area contributed by atoms with E-state index in [2.05, 4.69) is 4.74 Å². The summed E-state index contributed by atoms with van der Waals surface area (Å²) in [7, 11) is -3.21. The lowest BCUT2D eigenvalue weighted by molar-refractivity contribution is 0.0607. The lowest BCUT2D eigenvalue weighted by Gasteiger charge is -2.02. The molecule has 0 aliphatic heterocycles. The maximum Gasteiger partial charge on any atom is 0.357 e. The van der Waals surface area contributed by atoms with Crippen molar-refractivity contribution in [3.63, 3.8) is 0 Å². The number of hydrogen-bond acceptors (Lipinski definition) is 4. The molecule has 78 valence electrons. The predicted octanol–water partition coefficient (Wildman–Crippen LogP) is -0.846. The van der Waals surface area contributed by atoms with Crippen molar-refractivity contribution in [1.29, 1.82) is 0 Å². The topological polar surface area (TPSA) is 83.8 Å². The third-order valence-electron chi connectivity index (χ3n) is 1.33. The fourth-order valence-electron chi connectivity index (χ4n) is 0.777. The van der Waals surface area contributed by atoms with Crippen LogP contribution in [0.2, 0.25) is 0 Å². The molecule has 0 saturated carbocycles. The van der Waals surface area contributed by atoms with Crippen molar-refractivity contribution in [1.82, 2.24) is 0 Å².